The van der Waals surface area contributed by atoms with Gasteiger partial charge in [-0.25, -0.2) is 29.0 Å². The Hall–Kier alpha value is -8.68. The number of benzene rings is 2. The molecule has 25 heteroatoms. The lowest BCUT2D eigenvalue weighted by molar-refractivity contribution is -0.145. The monoisotopic (exact) mass is 1230 g/mol. The minimum Gasteiger partial charge on any atom is -0.480 e. The van der Waals surface area contributed by atoms with Crippen LogP contribution in [0.15, 0.2) is 122 Å². The fourth-order valence-electron chi connectivity index (χ4n) is 9.57. The number of pyridine rings is 2. The number of aliphatic carboxylic acids is 1. The zero-order chi connectivity index (χ0) is 57.6. The van der Waals surface area contributed by atoms with Gasteiger partial charge >= 0.3 is 5.97 Å². The largest absolute Gasteiger partial charge is 0.480 e. The SMILES string of the molecule is C.C.CC(=O)c1cn(CC(=O)N2CC[C@H]2C(=O)Nc2cccc(C)n2)c2ccc(-c3cnc4cc(C)nn4c3)cc12.CC(=O)c1cn(CC(=O)O)c2ccc(-c3cnc4cc(C)nn4c3)cc12.Cc1cccc(NC(=O)[C@@H]2CCN2)n1.Cl.S.S=S. The van der Waals surface area contributed by atoms with Crippen LogP contribution >= 0.6 is 25.9 Å². The Labute approximate surface area is 514 Å². The Morgan fingerprint density at radius 1 is 0.612 bits per heavy atom. The summed E-state index contributed by atoms with van der Waals surface area (Å²) < 4.78 is 6.82. The molecule has 2 atom stereocenters. The smallest absolute Gasteiger partial charge is 0.323 e. The third-order valence-electron chi connectivity index (χ3n) is 13.7. The van der Waals surface area contributed by atoms with Crippen LogP contribution in [0.4, 0.5) is 11.6 Å². The van der Waals surface area contributed by atoms with Gasteiger partial charge in [0.05, 0.1) is 17.4 Å². The maximum absolute atomic E-state index is 13.3. The molecule has 2 aliphatic rings. The van der Waals surface area contributed by atoms with Crippen molar-refractivity contribution in [2.24, 2.45) is 0 Å². The number of rotatable bonds is 12. The molecule has 10 aromatic rings. The van der Waals surface area contributed by atoms with E-state index in [1.165, 1.54) is 13.8 Å². The van der Waals surface area contributed by atoms with E-state index in [1.54, 1.807) is 60.0 Å². The van der Waals surface area contributed by atoms with E-state index >= 15 is 0 Å². The summed E-state index contributed by atoms with van der Waals surface area (Å²) in [5.74, 6) is -0.480. The number of carbonyl (C=O) groups excluding carboxylic acids is 5. The van der Waals surface area contributed by atoms with Crippen LogP contribution in [0.3, 0.4) is 0 Å². The highest BCUT2D eigenvalue weighted by atomic mass is 35.5. The maximum Gasteiger partial charge on any atom is 0.323 e. The van der Waals surface area contributed by atoms with Gasteiger partial charge in [0, 0.05) is 134 Å². The number of likely N-dealkylation sites (tertiary alicyclic amines) is 1. The Morgan fingerprint density at radius 2 is 1.07 bits per heavy atom. The quantitative estimate of drug-likeness (QED) is 0.0831. The van der Waals surface area contributed by atoms with Crippen LogP contribution in [-0.4, -0.2) is 119 Å². The molecule has 0 bridgehead atoms. The van der Waals surface area contributed by atoms with Gasteiger partial charge < -0.3 is 35.1 Å². The highest BCUT2D eigenvalue weighted by Crippen LogP contribution is 2.31. The number of fused-ring (bicyclic) bond motifs is 4. The number of nitrogens with one attached hydrogen (secondary N) is 3. The first-order chi connectivity index (χ1) is 38.9. The topological polar surface area (TPSA) is 258 Å². The molecule has 0 spiro atoms. The van der Waals surface area contributed by atoms with Gasteiger partial charge in [-0.2, -0.15) is 23.7 Å². The summed E-state index contributed by atoms with van der Waals surface area (Å²) in [6, 6.07) is 25.6. The molecule has 85 heavy (non-hydrogen) atoms. The summed E-state index contributed by atoms with van der Waals surface area (Å²) in [6.07, 6.45) is 12.2. The van der Waals surface area contributed by atoms with Crippen LogP contribution in [0.5, 0.6) is 0 Å². The van der Waals surface area contributed by atoms with Gasteiger partial charge in [-0.3, -0.25) is 28.8 Å². The van der Waals surface area contributed by atoms with Crippen molar-refractivity contribution in [1.82, 2.24) is 58.5 Å². The second kappa shape index (κ2) is 29.2. The maximum atomic E-state index is 13.3. The van der Waals surface area contributed by atoms with E-state index in [0.29, 0.717) is 41.2 Å². The van der Waals surface area contributed by atoms with Gasteiger partial charge in [-0.05, 0) is 121 Å². The first-order valence-electron chi connectivity index (χ1n) is 25.8. The van der Waals surface area contributed by atoms with Crippen LogP contribution in [0, 0.1) is 27.7 Å². The van der Waals surface area contributed by atoms with E-state index in [2.05, 4.69) is 68.5 Å². The Morgan fingerprint density at radius 3 is 1.47 bits per heavy atom. The highest BCUT2D eigenvalue weighted by Gasteiger charge is 2.38. The lowest BCUT2D eigenvalue weighted by Crippen LogP contribution is -2.57. The first kappa shape index (κ1) is 67.1. The fourth-order valence-corrected chi connectivity index (χ4v) is 9.57. The molecule has 2 saturated heterocycles. The number of amides is 3. The number of carboxylic acid groups (broad SMARTS) is 1. The third-order valence-corrected chi connectivity index (χ3v) is 13.7. The van der Waals surface area contributed by atoms with Crippen molar-refractivity contribution >= 4 is 128 Å². The van der Waals surface area contributed by atoms with E-state index < -0.39 is 12.0 Å². The first-order valence-corrected chi connectivity index (χ1v) is 27.1. The predicted molar refractivity (Wildman–Crippen MR) is 343 cm³/mol. The molecule has 21 nitrogen and oxygen atoms in total. The summed E-state index contributed by atoms with van der Waals surface area (Å²) in [4.78, 5) is 92.2. The van der Waals surface area contributed by atoms with Gasteiger partial charge in [0.1, 0.15) is 30.8 Å². The molecule has 444 valence electrons. The molecule has 2 aromatic carbocycles. The molecule has 0 radical (unpaired) electrons. The minimum absolute atomic E-state index is 0. The number of nitrogens with zero attached hydrogens (tertiary/aromatic N) is 11. The average molecular weight is 1230 g/mol. The molecule has 10 heterocycles. The predicted octanol–water partition coefficient (Wildman–Crippen LogP) is 9.24. The normalized spacial score (nSPS) is 13.6. The Bertz CT molecular complexity index is 4100. The lowest BCUT2D eigenvalue weighted by atomic mass is 10.0. The second-order valence-corrected chi connectivity index (χ2v) is 19.7. The van der Waals surface area contributed by atoms with Crippen molar-refractivity contribution < 1.29 is 33.9 Å². The van der Waals surface area contributed by atoms with Crippen LogP contribution in [0.2, 0.25) is 0 Å². The van der Waals surface area contributed by atoms with Gasteiger partial charge in [0.25, 0.3) is 0 Å². The number of anilines is 2. The molecule has 8 aromatic heterocycles. The van der Waals surface area contributed by atoms with Crippen LogP contribution in [0.1, 0.15) is 85.0 Å². The molecular weight excluding hydrogens is 1160 g/mol. The van der Waals surface area contributed by atoms with E-state index in [-0.39, 0.29) is 89.2 Å². The van der Waals surface area contributed by atoms with Crippen molar-refractivity contribution in [2.45, 2.75) is 94.4 Å². The minimum atomic E-state index is -0.954. The average Bonchev–Trinajstić information content (AvgIpc) is 3.74. The van der Waals surface area contributed by atoms with Gasteiger partial charge in [0.15, 0.2) is 22.9 Å². The Balaban J connectivity index is 0.000000248. The molecule has 12 rings (SSSR count). The zero-order valence-electron chi connectivity index (χ0n) is 46.0. The van der Waals surface area contributed by atoms with E-state index in [1.807, 2.05) is 113 Å². The molecule has 0 saturated carbocycles. The number of carboxylic acids is 1. The molecule has 0 aliphatic carbocycles. The molecule has 2 fully saturated rings. The molecule has 2 aliphatic heterocycles. The van der Waals surface area contributed by atoms with Crippen LogP contribution in [0.25, 0.3) is 55.4 Å². The molecule has 0 unspecified atom stereocenters. The van der Waals surface area contributed by atoms with Crippen molar-refractivity contribution in [2.75, 3.05) is 23.7 Å². The van der Waals surface area contributed by atoms with Gasteiger partial charge in [-0.1, -0.05) is 39.1 Å². The number of ketones is 2. The van der Waals surface area contributed by atoms with Gasteiger partial charge in [0.2, 0.25) is 17.7 Å². The number of aryl methyl sites for hydroxylation is 4. The summed E-state index contributed by atoms with van der Waals surface area (Å²) >= 11 is 7.33. The number of Topliss-reactive ketones (excluding diaryl/α,β-unsaturated/α-hetero) is 2. The number of hydrogen-bond donors (Lipinski definition) is 4. The summed E-state index contributed by atoms with van der Waals surface area (Å²) in [7, 11) is 0. The number of halogens is 1. The summed E-state index contributed by atoms with van der Waals surface area (Å²) in [5.41, 5.74) is 11.0. The van der Waals surface area contributed by atoms with Crippen molar-refractivity contribution in [1.29, 1.82) is 0 Å². The number of aromatic nitrogens is 10. The Kier molecular flexibility index (Phi) is 23.1. The zero-order valence-corrected chi connectivity index (χ0v) is 49.4. The van der Waals surface area contributed by atoms with Crippen molar-refractivity contribution in [3.63, 3.8) is 0 Å². The van der Waals surface area contributed by atoms with Crippen molar-refractivity contribution in [3.8, 4) is 22.3 Å². The van der Waals surface area contributed by atoms with E-state index in [4.69, 9.17) is 5.11 Å². The van der Waals surface area contributed by atoms with Crippen LogP contribution < -0.4 is 16.0 Å². The third kappa shape index (κ3) is 15.4. The molecular formula is C60H67ClN14O7S3. The standard InChI is InChI=1S/C29H27N7O3.C19H16N4O3.C10H13N3O.2CH4.ClH.S2.H2S/c1-17-5-4-6-26(31-17)32-29(39)25-9-10-35(25)28(38)16-34-15-23(19(3)37)22-12-20(7-8-24(22)34)21-13-30-27-11-18(2)33-36(27)14-21;1-11-5-18-20-7-14(8-23(18)21-11)13-3-4-17-15(6-13)16(12(2)24)9-22(17)10-19(25)26;1-7-3-2-4-9(12-7)13-10(14)8-5-6-11-8;;;;1-2;/h4-8,11-15,25H,9-10,16H2,1-3H3,(H,31,32,39);3-9H,10H2,1-2H3,(H,25,26);2-4,8,11H,5-6H2,1H3,(H,12,13,14);2*1H4;1H;;1H2/t25-;;8-;;;;;/m0.0...../s1. The van der Waals surface area contributed by atoms with E-state index in [0.717, 1.165) is 85.6 Å². The highest BCUT2D eigenvalue weighted by molar-refractivity contribution is 8.07. The molecule has 3 amide bonds. The van der Waals surface area contributed by atoms with E-state index in [9.17, 15) is 28.8 Å². The summed E-state index contributed by atoms with van der Waals surface area (Å²) in [6.45, 7) is 11.8. The van der Waals surface area contributed by atoms with Crippen molar-refractivity contribution in [3.05, 3.63) is 156 Å². The number of carbonyl (C=O) groups is 6. The number of hydrogen-bond acceptors (Lipinski definition) is 15. The van der Waals surface area contributed by atoms with Crippen LogP contribution in [-0.2, 0) is 54.6 Å². The van der Waals surface area contributed by atoms with Gasteiger partial charge in [-0.15, -0.1) is 12.4 Å². The molecule has 4 N–H and O–H groups in total. The lowest BCUT2D eigenvalue weighted by Gasteiger charge is -2.39. The second-order valence-electron chi connectivity index (χ2n) is 19.7. The summed E-state index contributed by atoms with van der Waals surface area (Å²) in [5, 5.41) is 28.0. The fraction of sp³-hybridized carbons (Fsp3) is 0.267.